The molecular weight excluding hydrogens is 901 g/mol. The number of anilines is 1. The summed E-state index contributed by atoms with van der Waals surface area (Å²) in [5.41, 5.74) is 1.41. The molecule has 312 valence electrons. The van der Waals surface area contributed by atoms with Gasteiger partial charge >= 0.3 is 0 Å². The zero-order chi connectivity index (χ0) is 43.6. The number of aromatic hydroxyl groups is 2. The number of nitrogen functional groups attached to an aromatic ring is 1. The van der Waals surface area contributed by atoms with Crippen molar-refractivity contribution < 1.29 is 83.3 Å². The fourth-order valence-electron chi connectivity index (χ4n) is 5.19. The number of phenolic OH excluding ortho intramolecular Hbond substituents is 2. The molecule has 0 unspecified atom stereocenters. The van der Waals surface area contributed by atoms with Gasteiger partial charge in [0, 0.05) is 34.2 Å². The monoisotopic (exact) mass is 920 g/mol. The summed E-state index contributed by atoms with van der Waals surface area (Å²) in [7, 11) is -14.9. The van der Waals surface area contributed by atoms with Gasteiger partial charge in [0.15, 0.2) is 17.2 Å². The van der Waals surface area contributed by atoms with E-state index in [0.717, 1.165) is 37.4 Å². The lowest BCUT2D eigenvalue weighted by Crippen LogP contribution is -2.03. The van der Waals surface area contributed by atoms with Crippen molar-refractivity contribution in [2.45, 2.75) is 24.5 Å². The van der Waals surface area contributed by atoms with Crippen LogP contribution in [0.4, 0.5) is 39.8 Å². The van der Waals surface area contributed by atoms with E-state index in [-0.39, 0.29) is 16.9 Å². The number of azo groups is 3. The number of benzene rings is 5. The third-order valence-corrected chi connectivity index (χ3v) is 11.4. The van der Waals surface area contributed by atoms with Crippen LogP contribution in [0.5, 0.6) is 11.5 Å². The molecular formula is C27H20N8O19S5. The van der Waals surface area contributed by atoms with Crippen molar-refractivity contribution in [1.29, 1.82) is 0 Å². The SMILES string of the molecule is CN=Nc1c(S(=O)(=O)O)cc2c(S(=O)(=O)O)c(N=Nc3cc(S(=O)(=O)O)c4cc(SOOO)c(N=Nc5ccc(SOOO)cc5[N+](=O)[O-])c(O)c4c3N)ccc2c1O. The summed E-state index contributed by atoms with van der Waals surface area (Å²) in [6.45, 7) is 0. The van der Waals surface area contributed by atoms with Gasteiger partial charge in [-0.2, -0.15) is 35.5 Å². The molecule has 0 aliphatic rings. The highest BCUT2D eigenvalue weighted by molar-refractivity contribution is 7.95. The fourth-order valence-corrected chi connectivity index (χ4v) is 8.24. The standard InChI is InChI=1S/C27H20N8O19S5/c1-29-33-24-20(58(45,46)47)8-12-11(25(24)36)3-5-15(27(12)59(48,49)50)31-32-16-9-19(57(42,43)44)13-7-18(56-54-52-41)23(26(37)21(13)22(16)28)34-30-14-4-2-10(55-53-51-40)6-17(14)35(38)39/h2-9,36-37,40-41H,28H2,1H3,(H,42,43,44)(H,45,46,47)(H,48,49,50). The average molecular weight is 921 g/mol. The first-order valence-corrected chi connectivity index (χ1v) is 20.5. The topological polar surface area (TPSA) is 424 Å². The van der Waals surface area contributed by atoms with Crippen molar-refractivity contribution in [3.63, 3.8) is 0 Å². The Morgan fingerprint density at radius 1 is 0.678 bits per heavy atom. The van der Waals surface area contributed by atoms with Crippen molar-refractivity contribution in [3.05, 3.63) is 58.6 Å². The van der Waals surface area contributed by atoms with E-state index in [2.05, 4.69) is 49.4 Å². The van der Waals surface area contributed by atoms with Gasteiger partial charge in [0.25, 0.3) is 36.0 Å². The van der Waals surface area contributed by atoms with Crippen molar-refractivity contribution in [2.24, 2.45) is 30.7 Å². The van der Waals surface area contributed by atoms with E-state index in [0.29, 0.717) is 24.2 Å². The maximum Gasteiger partial charge on any atom is 0.297 e. The summed E-state index contributed by atoms with van der Waals surface area (Å²) in [4.78, 5) is 7.09. The van der Waals surface area contributed by atoms with Gasteiger partial charge in [0.05, 0.1) is 45.0 Å². The van der Waals surface area contributed by atoms with E-state index in [1.807, 2.05) is 0 Å². The van der Waals surface area contributed by atoms with Gasteiger partial charge in [-0.05, 0) is 42.5 Å². The first-order valence-electron chi connectivity index (χ1n) is 14.7. The highest BCUT2D eigenvalue weighted by Crippen LogP contribution is 2.51. The zero-order valence-corrected chi connectivity index (χ0v) is 32.5. The van der Waals surface area contributed by atoms with Crippen LogP contribution in [0.25, 0.3) is 21.5 Å². The molecule has 0 atom stereocenters. The Bertz CT molecular complexity index is 2980. The Labute approximate surface area is 336 Å². The number of nitrogens with two attached hydrogens (primary N) is 1. The summed E-state index contributed by atoms with van der Waals surface area (Å²) < 4.78 is 114. The zero-order valence-electron chi connectivity index (χ0n) is 28.4. The summed E-state index contributed by atoms with van der Waals surface area (Å²) in [6, 6.07) is 7.01. The largest absolute Gasteiger partial charge is 0.505 e. The molecule has 0 spiro atoms. The number of hydrogen-bond acceptors (Lipinski definition) is 25. The van der Waals surface area contributed by atoms with Gasteiger partial charge in [-0.1, -0.05) is 10.1 Å². The van der Waals surface area contributed by atoms with Crippen molar-refractivity contribution >= 4 is 116 Å². The molecule has 0 saturated carbocycles. The predicted octanol–water partition coefficient (Wildman–Crippen LogP) is 7.04. The van der Waals surface area contributed by atoms with Crippen molar-refractivity contribution in [3.8, 4) is 11.5 Å². The summed E-state index contributed by atoms with van der Waals surface area (Å²) in [6.07, 6.45) is 0. The van der Waals surface area contributed by atoms with Crippen LogP contribution in [0.1, 0.15) is 0 Å². The molecule has 0 saturated heterocycles. The van der Waals surface area contributed by atoms with Crippen LogP contribution in [-0.2, 0) is 49.1 Å². The molecule has 5 rings (SSSR count). The van der Waals surface area contributed by atoms with E-state index < -0.39 is 128 Å². The van der Waals surface area contributed by atoms with E-state index in [4.69, 9.17) is 16.2 Å². The number of hydrogen-bond donors (Lipinski definition) is 8. The van der Waals surface area contributed by atoms with E-state index in [1.165, 1.54) is 6.07 Å². The minimum absolute atomic E-state index is 0.0389. The van der Waals surface area contributed by atoms with E-state index in [9.17, 15) is 59.2 Å². The Morgan fingerprint density at radius 3 is 1.88 bits per heavy atom. The van der Waals surface area contributed by atoms with Crippen LogP contribution in [0.2, 0.25) is 0 Å². The third-order valence-electron chi connectivity index (χ3n) is 7.48. The van der Waals surface area contributed by atoms with Gasteiger partial charge < -0.3 is 15.9 Å². The Balaban J connectivity index is 1.78. The molecule has 0 bridgehead atoms. The van der Waals surface area contributed by atoms with Gasteiger partial charge in [0.2, 0.25) is 0 Å². The number of fused-ring (bicyclic) bond motifs is 2. The lowest BCUT2D eigenvalue weighted by molar-refractivity contribution is -0.432. The molecule has 59 heavy (non-hydrogen) atoms. The molecule has 0 amide bonds. The van der Waals surface area contributed by atoms with Crippen LogP contribution in [0.15, 0.2) is 104 Å². The maximum absolute atomic E-state index is 12.7. The molecule has 0 heterocycles. The van der Waals surface area contributed by atoms with Crippen LogP contribution in [0.3, 0.4) is 0 Å². The normalized spacial score (nSPS) is 12.8. The first-order chi connectivity index (χ1) is 27.6. The fraction of sp³-hybridized carbons (Fsp3) is 0.0370. The predicted molar refractivity (Wildman–Crippen MR) is 198 cm³/mol. The minimum atomic E-state index is -5.45. The Hall–Kier alpha value is -5.59. The van der Waals surface area contributed by atoms with Gasteiger partial charge in [-0.3, -0.25) is 23.8 Å². The number of rotatable bonds is 15. The number of phenols is 2. The Morgan fingerprint density at radius 2 is 1.29 bits per heavy atom. The first kappa shape index (κ1) is 44.5. The van der Waals surface area contributed by atoms with Gasteiger partial charge in [-0.25, -0.2) is 10.5 Å². The van der Waals surface area contributed by atoms with Crippen LogP contribution < -0.4 is 5.73 Å². The second kappa shape index (κ2) is 17.3. The van der Waals surface area contributed by atoms with Crippen LogP contribution in [0, 0.1) is 10.1 Å². The molecule has 27 nitrogen and oxygen atoms in total. The van der Waals surface area contributed by atoms with Gasteiger partial charge in [0.1, 0.15) is 37.4 Å². The van der Waals surface area contributed by atoms with Crippen molar-refractivity contribution in [2.75, 3.05) is 12.8 Å². The summed E-state index contributed by atoms with van der Waals surface area (Å²) in [5, 5.41) is 77.6. The molecule has 0 aliphatic carbocycles. The number of nitrogens with zero attached hydrogens (tertiary/aromatic N) is 7. The summed E-state index contributed by atoms with van der Waals surface area (Å²) in [5.74, 6) is -2.08. The molecule has 0 fully saturated rings. The van der Waals surface area contributed by atoms with E-state index in [1.54, 1.807) is 0 Å². The molecule has 9 N–H and O–H groups in total. The molecule has 0 aliphatic heterocycles. The third kappa shape index (κ3) is 9.34. The lowest BCUT2D eigenvalue weighted by Gasteiger charge is -2.15. The second-order valence-electron chi connectivity index (χ2n) is 10.9. The smallest absolute Gasteiger partial charge is 0.297 e. The van der Waals surface area contributed by atoms with Crippen LogP contribution in [-0.4, -0.2) is 71.6 Å². The van der Waals surface area contributed by atoms with Gasteiger partial charge in [-0.15, -0.1) is 29.1 Å². The van der Waals surface area contributed by atoms with Crippen LogP contribution >= 0.6 is 24.1 Å². The number of nitro benzene ring substituents is 1. The molecule has 5 aromatic rings. The number of nitro groups is 1. The minimum Gasteiger partial charge on any atom is -0.505 e. The summed E-state index contributed by atoms with van der Waals surface area (Å²) >= 11 is 0.452. The average Bonchev–Trinajstić information content (AvgIpc) is 3.15. The molecule has 0 radical (unpaired) electrons. The van der Waals surface area contributed by atoms with E-state index >= 15 is 0 Å². The second-order valence-corrected chi connectivity index (χ2v) is 16.5. The highest BCUT2D eigenvalue weighted by atomic mass is 32.2. The van der Waals surface area contributed by atoms with Crippen molar-refractivity contribution in [1.82, 2.24) is 0 Å². The Kier molecular flexibility index (Phi) is 13.1. The molecule has 5 aromatic carbocycles. The molecule has 32 heteroatoms. The highest BCUT2D eigenvalue weighted by Gasteiger charge is 2.29. The molecule has 0 aromatic heterocycles. The maximum atomic E-state index is 12.7. The quantitative estimate of drug-likeness (QED) is 0.00992. The lowest BCUT2D eigenvalue weighted by atomic mass is 10.0.